The van der Waals surface area contributed by atoms with Crippen molar-refractivity contribution in [2.75, 3.05) is 66.1 Å². The van der Waals surface area contributed by atoms with Gasteiger partial charge >= 0.3 is 6.18 Å². The van der Waals surface area contributed by atoms with Crippen LogP contribution in [-0.4, -0.2) is 102 Å². The molecular weight excluding hydrogens is 403 g/mol. The molecule has 3 rings (SSSR count). The normalized spacial score (nSPS) is 19.3. The lowest BCUT2D eigenvalue weighted by Gasteiger charge is -2.37. The van der Waals surface area contributed by atoms with Crippen molar-refractivity contribution in [3.8, 4) is 0 Å². The molecule has 0 saturated carbocycles. The van der Waals surface area contributed by atoms with E-state index in [9.17, 15) is 18.0 Å². The van der Waals surface area contributed by atoms with Gasteiger partial charge in [-0.2, -0.15) is 18.3 Å². The molecule has 1 aromatic rings. The molecule has 1 aromatic heterocycles. The predicted molar refractivity (Wildman–Crippen MR) is 104 cm³/mol. The number of carbonyl (C=O) groups excluding carboxylic acids is 1. The van der Waals surface area contributed by atoms with Crippen LogP contribution < -0.4 is 5.32 Å². The summed E-state index contributed by atoms with van der Waals surface area (Å²) in [5.41, 5.74) is -0.819. The highest BCUT2D eigenvalue weighted by Crippen LogP contribution is 2.30. The first-order chi connectivity index (χ1) is 14.3. The van der Waals surface area contributed by atoms with E-state index in [-0.39, 0.29) is 18.0 Å². The number of piperazine rings is 1. The first kappa shape index (κ1) is 22.3. The van der Waals surface area contributed by atoms with E-state index in [0.717, 1.165) is 4.68 Å². The lowest BCUT2D eigenvalue weighted by molar-refractivity contribution is -0.142. The van der Waals surface area contributed by atoms with E-state index in [1.54, 1.807) is 7.05 Å². The summed E-state index contributed by atoms with van der Waals surface area (Å²) >= 11 is 0. The van der Waals surface area contributed by atoms with Crippen LogP contribution in [0.3, 0.4) is 0 Å². The number of carbonyl (C=O) groups is 1. The smallest absolute Gasteiger partial charge is 0.378 e. The van der Waals surface area contributed by atoms with Gasteiger partial charge in [0.05, 0.1) is 19.8 Å². The molecule has 2 saturated heterocycles. The summed E-state index contributed by atoms with van der Waals surface area (Å²) in [6.45, 7) is 5.38. The highest BCUT2D eigenvalue weighted by Gasteiger charge is 2.37. The molecule has 2 fully saturated rings. The van der Waals surface area contributed by atoms with Crippen LogP contribution in [0.5, 0.6) is 0 Å². The Bertz CT molecular complexity index is 751. The molecule has 0 radical (unpaired) electrons. The number of morpholine rings is 1. The van der Waals surface area contributed by atoms with Crippen LogP contribution in [-0.2, 0) is 29.3 Å². The van der Waals surface area contributed by atoms with Crippen LogP contribution in [0.4, 0.5) is 13.2 Å². The second kappa shape index (κ2) is 9.65. The van der Waals surface area contributed by atoms with E-state index >= 15 is 0 Å². The van der Waals surface area contributed by atoms with Crippen LogP contribution in [0.1, 0.15) is 11.3 Å². The number of nitrogens with one attached hydrogen (secondary N) is 1. The van der Waals surface area contributed by atoms with Crippen molar-refractivity contribution in [1.82, 2.24) is 29.8 Å². The number of amides is 1. The Kier molecular flexibility index (Phi) is 7.19. The van der Waals surface area contributed by atoms with Gasteiger partial charge in [0.1, 0.15) is 0 Å². The summed E-state index contributed by atoms with van der Waals surface area (Å²) in [6, 6.07) is 0. The molecule has 0 unspecified atom stereocenters. The number of aryl methyl sites for hydroxylation is 1. The monoisotopic (exact) mass is 431 g/mol. The third kappa shape index (κ3) is 5.63. The molecule has 168 valence electrons. The zero-order chi connectivity index (χ0) is 21.7. The molecular formula is C18H28F3N7O2. The number of hydrogen-bond donors (Lipinski definition) is 1. The molecule has 3 heterocycles. The Morgan fingerprint density at radius 3 is 2.43 bits per heavy atom. The van der Waals surface area contributed by atoms with Gasteiger partial charge in [0, 0.05) is 71.7 Å². The average Bonchev–Trinajstić information content (AvgIpc) is 3.11. The first-order valence-electron chi connectivity index (χ1n) is 9.91. The maximum atomic E-state index is 13.1. The fraction of sp³-hybridized carbons (Fsp3) is 0.722. The predicted octanol–water partition coefficient (Wildman–Crippen LogP) is -0.00930. The number of halogens is 3. The van der Waals surface area contributed by atoms with E-state index in [4.69, 9.17) is 4.74 Å². The Morgan fingerprint density at radius 1 is 1.17 bits per heavy atom. The first-order valence-corrected chi connectivity index (χ1v) is 9.91. The molecule has 0 aliphatic carbocycles. The van der Waals surface area contributed by atoms with Gasteiger partial charge in [-0.05, 0) is 0 Å². The minimum Gasteiger partial charge on any atom is -0.378 e. The maximum absolute atomic E-state index is 13.1. The highest BCUT2D eigenvalue weighted by molar-refractivity contribution is 5.80. The van der Waals surface area contributed by atoms with Gasteiger partial charge in [-0.3, -0.25) is 19.4 Å². The molecule has 2 aliphatic heterocycles. The summed E-state index contributed by atoms with van der Waals surface area (Å²) in [4.78, 5) is 22.5. The molecule has 0 spiro atoms. The van der Waals surface area contributed by atoms with Crippen LogP contribution >= 0.6 is 0 Å². The summed E-state index contributed by atoms with van der Waals surface area (Å²) in [5.74, 6) is 0.636. The van der Waals surface area contributed by atoms with Gasteiger partial charge in [0.25, 0.3) is 0 Å². The van der Waals surface area contributed by atoms with E-state index in [1.165, 1.54) is 13.2 Å². The Hall–Kier alpha value is -2.34. The van der Waals surface area contributed by atoms with Crippen LogP contribution in [0, 0.1) is 0 Å². The fourth-order valence-electron chi connectivity index (χ4n) is 3.63. The Morgan fingerprint density at radius 2 is 1.83 bits per heavy atom. The largest absolute Gasteiger partial charge is 0.435 e. The average molecular weight is 431 g/mol. The van der Waals surface area contributed by atoms with Crippen LogP contribution in [0.25, 0.3) is 0 Å². The van der Waals surface area contributed by atoms with Gasteiger partial charge < -0.3 is 19.9 Å². The van der Waals surface area contributed by atoms with E-state index < -0.39 is 11.9 Å². The quantitative estimate of drug-likeness (QED) is 0.534. The zero-order valence-electron chi connectivity index (χ0n) is 17.3. The number of ether oxygens (including phenoxy) is 1. The Labute approximate surface area is 173 Å². The third-order valence-electron chi connectivity index (χ3n) is 5.22. The lowest BCUT2D eigenvalue weighted by Crippen LogP contribution is -2.54. The van der Waals surface area contributed by atoms with Gasteiger partial charge in [0.2, 0.25) is 5.91 Å². The molecule has 12 heteroatoms. The standard InChI is InChI=1S/C18H28F3N7O2/c1-22-17(23-11-14-12-25(2)24-16(14)18(19,20)21)28-5-3-26(4-6-28)13-15(29)27-7-9-30-10-8-27/h12H,3-11,13H2,1-2H3,(H,22,23). The molecule has 1 N–H and O–H groups in total. The Balaban J connectivity index is 1.49. The molecule has 1 amide bonds. The number of aromatic nitrogens is 2. The van der Waals surface area contributed by atoms with Crippen molar-refractivity contribution >= 4 is 11.9 Å². The minimum atomic E-state index is -4.50. The van der Waals surface area contributed by atoms with Crippen LogP contribution in [0.2, 0.25) is 0 Å². The second-order valence-electron chi connectivity index (χ2n) is 7.33. The lowest BCUT2D eigenvalue weighted by atomic mass is 10.2. The highest BCUT2D eigenvalue weighted by atomic mass is 19.4. The van der Waals surface area contributed by atoms with Crippen molar-refractivity contribution in [1.29, 1.82) is 0 Å². The number of nitrogens with zero attached hydrogens (tertiary/aromatic N) is 6. The van der Waals surface area contributed by atoms with Gasteiger partial charge in [-0.25, -0.2) is 0 Å². The van der Waals surface area contributed by atoms with Gasteiger partial charge in [-0.1, -0.05) is 0 Å². The molecule has 0 aromatic carbocycles. The SMILES string of the molecule is CN=C(NCc1cn(C)nc1C(F)(F)F)N1CCN(CC(=O)N2CCOCC2)CC1. The number of hydrogen-bond acceptors (Lipinski definition) is 5. The maximum Gasteiger partial charge on any atom is 0.435 e. The number of alkyl halides is 3. The van der Waals surface area contributed by atoms with Crippen molar-refractivity contribution in [3.63, 3.8) is 0 Å². The van der Waals surface area contributed by atoms with Crippen molar-refractivity contribution in [2.24, 2.45) is 12.0 Å². The van der Waals surface area contributed by atoms with E-state index in [1.807, 2.05) is 9.80 Å². The fourth-order valence-corrected chi connectivity index (χ4v) is 3.63. The second-order valence-corrected chi connectivity index (χ2v) is 7.33. The minimum absolute atomic E-state index is 0.0227. The van der Waals surface area contributed by atoms with E-state index in [2.05, 4.69) is 20.3 Å². The van der Waals surface area contributed by atoms with Gasteiger partial charge in [-0.15, -0.1) is 0 Å². The van der Waals surface area contributed by atoms with Crippen molar-refractivity contribution in [2.45, 2.75) is 12.7 Å². The number of guanidine groups is 1. The molecule has 30 heavy (non-hydrogen) atoms. The van der Waals surface area contributed by atoms with Crippen molar-refractivity contribution in [3.05, 3.63) is 17.5 Å². The number of rotatable bonds is 4. The summed E-state index contributed by atoms with van der Waals surface area (Å²) in [5, 5.41) is 6.53. The van der Waals surface area contributed by atoms with Crippen LogP contribution in [0.15, 0.2) is 11.2 Å². The summed E-state index contributed by atoms with van der Waals surface area (Å²) in [6.07, 6.45) is -3.14. The van der Waals surface area contributed by atoms with Gasteiger partial charge in [0.15, 0.2) is 11.7 Å². The molecule has 0 atom stereocenters. The van der Waals surface area contributed by atoms with Crippen molar-refractivity contribution < 1.29 is 22.7 Å². The molecule has 9 nitrogen and oxygen atoms in total. The summed E-state index contributed by atoms with van der Waals surface area (Å²) in [7, 11) is 3.07. The number of aliphatic imine (C=N–C) groups is 1. The third-order valence-corrected chi connectivity index (χ3v) is 5.22. The summed E-state index contributed by atoms with van der Waals surface area (Å²) < 4.78 is 45.8. The zero-order valence-corrected chi connectivity index (χ0v) is 17.3. The van der Waals surface area contributed by atoms with E-state index in [0.29, 0.717) is 65.0 Å². The molecule has 0 bridgehead atoms. The topological polar surface area (TPSA) is 78.2 Å². The molecule has 2 aliphatic rings.